The standard InChI is InChI=1S/C16H34O2/c1-9-10-14(3,4)12-18-16(7,8)11-15(5,6)13(2)17/h13,17H,9-12H2,1-8H3. The molecule has 0 radical (unpaired) electrons. The molecular weight excluding hydrogens is 224 g/mol. The summed E-state index contributed by atoms with van der Waals surface area (Å²) in [6.45, 7) is 17.8. The van der Waals surface area contributed by atoms with Gasteiger partial charge in [0.15, 0.2) is 0 Å². The zero-order valence-electron chi connectivity index (χ0n) is 13.8. The van der Waals surface area contributed by atoms with E-state index in [1.165, 1.54) is 12.8 Å². The number of aliphatic hydroxyl groups excluding tert-OH is 1. The summed E-state index contributed by atoms with van der Waals surface area (Å²) < 4.78 is 6.12. The largest absolute Gasteiger partial charge is 0.393 e. The lowest BCUT2D eigenvalue weighted by Gasteiger charge is -2.38. The van der Waals surface area contributed by atoms with Crippen LogP contribution in [-0.4, -0.2) is 23.4 Å². The van der Waals surface area contributed by atoms with E-state index in [1.807, 2.05) is 6.92 Å². The van der Waals surface area contributed by atoms with Crippen molar-refractivity contribution in [2.75, 3.05) is 6.61 Å². The van der Waals surface area contributed by atoms with Crippen LogP contribution in [0.3, 0.4) is 0 Å². The van der Waals surface area contributed by atoms with Gasteiger partial charge in [0.1, 0.15) is 0 Å². The predicted molar refractivity (Wildman–Crippen MR) is 78.8 cm³/mol. The van der Waals surface area contributed by atoms with Gasteiger partial charge in [-0.15, -0.1) is 0 Å². The SMILES string of the molecule is CCCC(C)(C)COC(C)(C)CC(C)(C)C(C)O. The molecule has 0 amide bonds. The van der Waals surface area contributed by atoms with Crippen LogP contribution >= 0.6 is 0 Å². The van der Waals surface area contributed by atoms with Gasteiger partial charge in [0, 0.05) is 0 Å². The summed E-state index contributed by atoms with van der Waals surface area (Å²) in [6.07, 6.45) is 2.92. The molecule has 0 bridgehead atoms. The van der Waals surface area contributed by atoms with E-state index in [9.17, 15) is 5.11 Å². The molecule has 18 heavy (non-hydrogen) atoms. The molecule has 0 aromatic rings. The van der Waals surface area contributed by atoms with Crippen molar-refractivity contribution in [1.82, 2.24) is 0 Å². The van der Waals surface area contributed by atoms with Crippen LogP contribution in [0.4, 0.5) is 0 Å². The molecule has 0 spiro atoms. The Morgan fingerprint density at radius 3 is 1.94 bits per heavy atom. The first kappa shape index (κ1) is 17.9. The number of hydrogen-bond donors (Lipinski definition) is 1. The van der Waals surface area contributed by atoms with Crippen LogP contribution in [0, 0.1) is 10.8 Å². The normalized spacial score (nSPS) is 15.8. The molecule has 1 unspecified atom stereocenters. The maximum atomic E-state index is 9.80. The fourth-order valence-corrected chi connectivity index (χ4v) is 2.44. The van der Waals surface area contributed by atoms with Crippen LogP contribution in [0.25, 0.3) is 0 Å². The summed E-state index contributed by atoms with van der Waals surface area (Å²) in [7, 11) is 0. The van der Waals surface area contributed by atoms with Gasteiger partial charge < -0.3 is 9.84 Å². The Morgan fingerprint density at radius 1 is 1.06 bits per heavy atom. The number of ether oxygens (including phenoxy) is 1. The van der Waals surface area contributed by atoms with Crippen molar-refractivity contribution in [3.05, 3.63) is 0 Å². The van der Waals surface area contributed by atoms with E-state index in [1.54, 1.807) is 0 Å². The summed E-state index contributed by atoms with van der Waals surface area (Å²) in [6, 6.07) is 0. The molecule has 0 aliphatic heterocycles. The quantitative estimate of drug-likeness (QED) is 0.699. The van der Waals surface area contributed by atoms with Gasteiger partial charge in [-0.05, 0) is 44.4 Å². The van der Waals surface area contributed by atoms with Crippen molar-refractivity contribution in [3.63, 3.8) is 0 Å². The van der Waals surface area contributed by atoms with Crippen molar-refractivity contribution in [3.8, 4) is 0 Å². The van der Waals surface area contributed by atoms with Crippen molar-refractivity contribution >= 4 is 0 Å². The minimum absolute atomic E-state index is 0.113. The Morgan fingerprint density at radius 2 is 1.56 bits per heavy atom. The highest BCUT2D eigenvalue weighted by Crippen LogP contribution is 2.34. The van der Waals surface area contributed by atoms with Gasteiger partial charge in [-0.2, -0.15) is 0 Å². The molecule has 0 saturated heterocycles. The minimum Gasteiger partial charge on any atom is -0.393 e. The molecule has 1 atom stereocenters. The monoisotopic (exact) mass is 258 g/mol. The molecule has 1 N–H and O–H groups in total. The van der Waals surface area contributed by atoms with Crippen LogP contribution in [0.1, 0.15) is 74.7 Å². The fraction of sp³-hybridized carbons (Fsp3) is 1.00. The number of aliphatic hydroxyl groups is 1. The predicted octanol–water partition coefficient (Wildman–Crippen LogP) is 4.41. The second-order valence-electron chi connectivity index (χ2n) is 7.80. The lowest BCUT2D eigenvalue weighted by Crippen LogP contribution is -2.39. The molecule has 0 heterocycles. The molecule has 0 aromatic carbocycles. The molecule has 2 heteroatoms. The minimum atomic E-state index is -0.316. The van der Waals surface area contributed by atoms with Crippen molar-refractivity contribution in [2.45, 2.75) is 86.4 Å². The first-order valence-electron chi connectivity index (χ1n) is 7.24. The lowest BCUT2D eigenvalue weighted by molar-refractivity contribution is -0.0930. The Labute approximate surface area is 114 Å². The summed E-state index contributed by atoms with van der Waals surface area (Å²) in [4.78, 5) is 0. The van der Waals surface area contributed by atoms with E-state index in [0.29, 0.717) is 0 Å². The third-order valence-electron chi connectivity index (χ3n) is 3.79. The Bertz CT molecular complexity index is 239. The second kappa shape index (κ2) is 6.38. The maximum Gasteiger partial charge on any atom is 0.0632 e. The Hall–Kier alpha value is -0.0800. The first-order valence-corrected chi connectivity index (χ1v) is 7.24. The molecule has 2 nitrogen and oxygen atoms in total. The summed E-state index contributed by atoms with van der Waals surface area (Å²) in [5, 5.41) is 9.80. The van der Waals surface area contributed by atoms with Gasteiger partial charge >= 0.3 is 0 Å². The fourth-order valence-electron chi connectivity index (χ4n) is 2.44. The smallest absolute Gasteiger partial charge is 0.0632 e. The second-order valence-corrected chi connectivity index (χ2v) is 7.80. The van der Waals surface area contributed by atoms with E-state index < -0.39 is 0 Å². The topological polar surface area (TPSA) is 29.5 Å². The molecule has 0 rings (SSSR count). The highest BCUT2D eigenvalue weighted by molar-refractivity contribution is 4.84. The van der Waals surface area contributed by atoms with Gasteiger partial charge in [-0.25, -0.2) is 0 Å². The van der Waals surface area contributed by atoms with E-state index in [-0.39, 0.29) is 22.5 Å². The van der Waals surface area contributed by atoms with Crippen molar-refractivity contribution in [1.29, 1.82) is 0 Å². The first-order chi connectivity index (χ1) is 7.92. The van der Waals surface area contributed by atoms with E-state index in [2.05, 4.69) is 48.5 Å². The highest BCUT2D eigenvalue weighted by atomic mass is 16.5. The Balaban J connectivity index is 4.40. The Kier molecular flexibility index (Phi) is 6.35. The molecule has 0 aliphatic carbocycles. The van der Waals surface area contributed by atoms with Crippen LogP contribution < -0.4 is 0 Å². The number of rotatable bonds is 8. The summed E-state index contributed by atoms with van der Waals surface area (Å²) >= 11 is 0. The highest BCUT2D eigenvalue weighted by Gasteiger charge is 2.34. The molecule has 0 aliphatic rings. The number of hydrogen-bond acceptors (Lipinski definition) is 2. The van der Waals surface area contributed by atoms with Crippen LogP contribution in [0.2, 0.25) is 0 Å². The van der Waals surface area contributed by atoms with Gasteiger partial charge in [0.2, 0.25) is 0 Å². The third-order valence-corrected chi connectivity index (χ3v) is 3.79. The summed E-state index contributed by atoms with van der Waals surface area (Å²) in [5.41, 5.74) is -0.0646. The lowest BCUT2D eigenvalue weighted by atomic mass is 9.77. The summed E-state index contributed by atoms with van der Waals surface area (Å²) in [5.74, 6) is 0. The maximum absolute atomic E-state index is 9.80. The van der Waals surface area contributed by atoms with E-state index >= 15 is 0 Å². The van der Waals surface area contributed by atoms with Gasteiger partial charge in [-0.1, -0.05) is 41.0 Å². The molecule has 0 aromatic heterocycles. The zero-order valence-corrected chi connectivity index (χ0v) is 13.8. The van der Waals surface area contributed by atoms with Crippen LogP contribution in [-0.2, 0) is 4.74 Å². The van der Waals surface area contributed by atoms with Gasteiger partial charge in [0.25, 0.3) is 0 Å². The van der Waals surface area contributed by atoms with Crippen molar-refractivity contribution in [2.24, 2.45) is 10.8 Å². The van der Waals surface area contributed by atoms with Gasteiger partial charge in [0.05, 0.1) is 18.3 Å². The van der Waals surface area contributed by atoms with Gasteiger partial charge in [-0.3, -0.25) is 0 Å². The molecule has 0 saturated carbocycles. The van der Waals surface area contributed by atoms with Crippen LogP contribution in [0.15, 0.2) is 0 Å². The third kappa shape index (κ3) is 6.75. The average Bonchev–Trinajstić information content (AvgIpc) is 2.13. The average molecular weight is 258 g/mol. The molecule has 110 valence electrons. The molecular formula is C16H34O2. The zero-order chi connectivity index (χ0) is 14.6. The van der Waals surface area contributed by atoms with Crippen molar-refractivity contribution < 1.29 is 9.84 Å². The molecule has 0 fully saturated rings. The van der Waals surface area contributed by atoms with E-state index in [0.717, 1.165) is 13.0 Å². The van der Waals surface area contributed by atoms with Crippen LogP contribution in [0.5, 0.6) is 0 Å². The van der Waals surface area contributed by atoms with E-state index in [4.69, 9.17) is 4.74 Å².